The second-order valence-corrected chi connectivity index (χ2v) is 6.92. The van der Waals surface area contributed by atoms with Crippen LogP contribution in [0.25, 0.3) is 0 Å². The third kappa shape index (κ3) is 4.68. The van der Waals surface area contributed by atoms with E-state index in [0.29, 0.717) is 16.8 Å². The lowest BCUT2D eigenvalue weighted by molar-refractivity contribution is -0.114. The number of nitrogens with zero attached hydrogens (tertiary/aromatic N) is 1. The van der Waals surface area contributed by atoms with E-state index in [2.05, 4.69) is 10.6 Å². The minimum absolute atomic E-state index is 0.00585. The summed E-state index contributed by atoms with van der Waals surface area (Å²) in [7, 11) is 0. The van der Waals surface area contributed by atoms with E-state index < -0.39 is 0 Å². The molecule has 7 nitrogen and oxygen atoms in total. The van der Waals surface area contributed by atoms with Gasteiger partial charge in [-0.15, -0.1) is 0 Å². The molecule has 146 valence electrons. The van der Waals surface area contributed by atoms with Gasteiger partial charge in [0.05, 0.1) is 6.54 Å². The molecule has 3 rings (SSSR count). The molecule has 0 atom stereocenters. The van der Waals surface area contributed by atoms with Crippen molar-refractivity contribution < 1.29 is 9.59 Å². The van der Waals surface area contributed by atoms with Gasteiger partial charge in [0.25, 0.3) is 5.91 Å². The van der Waals surface area contributed by atoms with Crippen molar-refractivity contribution in [3.8, 4) is 0 Å². The van der Waals surface area contributed by atoms with Gasteiger partial charge in [-0.2, -0.15) is 0 Å². The highest BCUT2D eigenvalue weighted by Gasteiger charge is 2.20. The van der Waals surface area contributed by atoms with Crippen LogP contribution in [-0.4, -0.2) is 42.2 Å². The van der Waals surface area contributed by atoms with Crippen LogP contribution in [0.3, 0.4) is 0 Å². The standard InChI is InChI=1S/C21H25N5O2/c1-14-12-17(8-9-18(14)21(28)26-10-2-3-11-26)25-19(27)13-24-16-6-4-15(5-7-16)20(22)23/h4-9,12,24H,2-3,10-11,13H2,1H3,(H3,22,23)(H,25,27). The number of hydrogen-bond acceptors (Lipinski definition) is 4. The minimum Gasteiger partial charge on any atom is -0.384 e. The van der Waals surface area contributed by atoms with Gasteiger partial charge in [-0.25, -0.2) is 0 Å². The lowest BCUT2D eigenvalue weighted by Gasteiger charge is -2.17. The van der Waals surface area contributed by atoms with Crippen molar-refractivity contribution in [3.05, 3.63) is 59.2 Å². The summed E-state index contributed by atoms with van der Waals surface area (Å²) in [5, 5.41) is 13.2. The second-order valence-electron chi connectivity index (χ2n) is 6.92. The molecule has 1 aliphatic rings. The van der Waals surface area contributed by atoms with Gasteiger partial charge in [0.1, 0.15) is 5.84 Å². The maximum absolute atomic E-state index is 12.5. The van der Waals surface area contributed by atoms with Crippen LogP contribution in [0.5, 0.6) is 0 Å². The van der Waals surface area contributed by atoms with Gasteiger partial charge in [0.15, 0.2) is 0 Å². The molecule has 0 unspecified atom stereocenters. The molecule has 1 aliphatic heterocycles. The largest absolute Gasteiger partial charge is 0.384 e. The Labute approximate surface area is 164 Å². The zero-order valence-corrected chi connectivity index (χ0v) is 15.9. The number of rotatable bonds is 6. The van der Waals surface area contributed by atoms with E-state index in [1.165, 1.54) is 0 Å². The predicted octanol–water partition coefficient (Wildman–Crippen LogP) is 2.57. The SMILES string of the molecule is Cc1cc(NC(=O)CNc2ccc(C(=N)N)cc2)ccc1C(=O)N1CCCC1. The van der Waals surface area contributed by atoms with Crippen LogP contribution in [0, 0.1) is 12.3 Å². The number of nitrogens with one attached hydrogen (secondary N) is 3. The van der Waals surface area contributed by atoms with E-state index in [1.807, 2.05) is 17.9 Å². The third-order valence-corrected chi connectivity index (χ3v) is 4.78. The highest BCUT2D eigenvalue weighted by atomic mass is 16.2. The van der Waals surface area contributed by atoms with Gasteiger partial charge in [0.2, 0.25) is 5.91 Å². The van der Waals surface area contributed by atoms with Crippen LogP contribution < -0.4 is 16.4 Å². The highest BCUT2D eigenvalue weighted by Crippen LogP contribution is 2.19. The summed E-state index contributed by atoms with van der Waals surface area (Å²) in [5.74, 6) is -0.122. The molecule has 28 heavy (non-hydrogen) atoms. The number of benzene rings is 2. The summed E-state index contributed by atoms with van der Waals surface area (Å²) in [6.07, 6.45) is 2.12. The van der Waals surface area contributed by atoms with Crippen LogP contribution in [0.1, 0.15) is 34.3 Å². The van der Waals surface area contributed by atoms with Crippen LogP contribution >= 0.6 is 0 Å². The molecule has 1 heterocycles. The fraction of sp³-hybridized carbons (Fsp3) is 0.286. The summed E-state index contributed by atoms with van der Waals surface area (Å²) >= 11 is 0. The number of amides is 2. The number of carbonyl (C=O) groups is 2. The molecule has 0 spiro atoms. The van der Waals surface area contributed by atoms with Gasteiger partial charge < -0.3 is 21.3 Å². The summed E-state index contributed by atoms with van der Waals surface area (Å²) in [4.78, 5) is 26.6. The van der Waals surface area contributed by atoms with Gasteiger partial charge >= 0.3 is 0 Å². The average molecular weight is 379 g/mol. The average Bonchev–Trinajstić information content (AvgIpc) is 3.21. The molecule has 0 radical (unpaired) electrons. The first-order chi connectivity index (χ1) is 13.4. The Morgan fingerprint density at radius 1 is 1.07 bits per heavy atom. The lowest BCUT2D eigenvalue weighted by Crippen LogP contribution is -2.28. The van der Waals surface area contributed by atoms with Crippen molar-refractivity contribution in [1.29, 1.82) is 5.41 Å². The molecule has 2 aromatic rings. The van der Waals surface area contributed by atoms with E-state index in [1.54, 1.807) is 36.4 Å². The van der Waals surface area contributed by atoms with Gasteiger partial charge in [-0.3, -0.25) is 15.0 Å². The number of nitrogen functional groups attached to an aromatic ring is 1. The third-order valence-electron chi connectivity index (χ3n) is 4.78. The number of carbonyl (C=O) groups excluding carboxylic acids is 2. The molecule has 5 N–H and O–H groups in total. The maximum atomic E-state index is 12.5. The first-order valence-corrected chi connectivity index (χ1v) is 9.32. The fourth-order valence-corrected chi connectivity index (χ4v) is 3.23. The van der Waals surface area contributed by atoms with Gasteiger partial charge in [-0.05, 0) is 67.8 Å². The van der Waals surface area contributed by atoms with Gasteiger partial charge in [-0.1, -0.05) is 0 Å². The Kier molecular flexibility index (Phi) is 5.93. The van der Waals surface area contributed by atoms with Crippen molar-refractivity contribution in [3.63, 3.8) is 0 Å². The van der Waals surface area contributed by atoms with Crippen molar-refractivity contribution >= 4 is 29.0 Å². The highest BCUT2D eigenvalue weighted by molar-refractivity contribution is 5.98. The molecule has 0 bridgehead atoms. The summed E-state index contributed by atoms with van der Waals surface area (Å²) in [6, 6.07) is 12.3. The Bertz CT molecular complexity index is 886. The summed E-state index contributed by atoms with van der Waals surface area (Å²) < 4.78 is 0. The van der Waals surface area contributed by atoms with Crippen molar-refractivity contribution in [2.24, 2.45) is 5.73 Å². The van der Waals surface area contributed by atoms with E-state index in [0.717, 1.165) is 37.2 Å². The monoisotopic (exact) mass is 379 g/mol. The first kappa shape index (κ1) is 19.4. The molecule has 0 saturated carbocycles. The van der Waals surface area contributed by atoms with Gasteiger partial charge in [0, 0.05) is 35.6 Å². The molecule has 1 saturated heterocycles. The van der Waals surface area contributed by atoms with Crippen LogP contribution in [0.15, 0.2) is 42.5 Å². The minimum atomic E-state index is -0.186. The fourth-order valence-electron chi connectivity index (χ4n) is 3.23. The molecule has 1 fully saturated rings. The second kappa shape index (κ2) is 8.56. The van der Waals surface area contributed by atoms with E-state index in [9.17, 15) is 9.59 Å². The normalized spacial score (nSPS) is 13.2. The smallest absolute Gasteiger partial charge is 0.254 e. The van der Waals surface area contributed by atoms with Crippen molar-refractivity contribution in [2.75, 3.05) is 30.3 Å². The number of likely N-dealkylation sites (tertiary alicyclic amines) is 1. The van der Waals surface area contributed by atoms with Crippen LogP contribution in [-0.2, 0) is 4.79 Å². The van der Waals surface area contributed by atoms with E-state index >= 15 is 0 Å². The van der Waals surface area contributed by atoms with Crippen molar-refractivity contribution in [1.82, 2.24) is 4.90 Å². The maximum Gasteiger partial charge on any atom is 0.254 e. The zero-order valence-electron chi connectivity index (χ0n) is 15.9. The first-order valence-electron chi connectivity index (χ1n) is 9.32. The Balaban J connectivity index is 1.55. The molecule has 2 aromatic carbocycles. The number of anilines is 2. The van der Waals surface area contributed by atoms with E-state index in [-0.39, 0.29) is 24.2 Å². The molecular weight excluding hydrogens is 354 g/mol. The van der Waals surface area contributed by atoms with Crippen LogP contribution in [0.4, 0.5) is 11.4 Å². The lowest BCUT2D eigenvalue weighted by atomic mass is 10.1. The molecule has 0 aromatic heterocycles. The Hall–Kier alpha value is -3.35. The topological polar surface area (TPSA) is 111 Å². The number of aryl methyl sites for hydroxylation is 1. The van der Waals surface area contributed by atoms with E-state index in [4.69, 9.17) is 11.1 Å². The predicted molar refractivity (Wildman–Crippen MR) is 111 cm³/mol. The molecule has 2 amide bonds. The Morgan fingerprint density at radius 2 is 1.71 bits per heavy atom. The molecular formula is C21H25N5O2. The number of hydrogen-bond donors (Lipinski definition) is 4. The number of amidine groups is 1. The summed E-state index contributed by atoms with van der Waals surface area (Å²) in [6.45, 7) is 3.62. The quantitative estimate of drug-likeness (QED) is 0.456. The van der Waals surface area contributed by atoms with Crippen LogP contribution in [0.2, 0.25) is 0 Å². The number of nitrogens with two attached hydrogens (primary N) is 1. The Morgan fingerprint density at radius 3 is 2.32 bits per heavy atom. The molecule has 7 heteroatoms. The van der Waals surface area contributed by atoms with Crippen molar-refractivity contribution in [2.45, 2.75) is 19.8 Å². The molecule has 0 aliphatic carbocycles. The zero-order chi connectivity index (χ0) is 20.1. The summed E-state index contributed by atoms with van der Waals surface area (Å²) in [5.41, 5.74) is 9.02.